The maximum Gasteiger partial charge on any atom is 0.261 e. The summed E-state index contributed by atoms with van der Waals surface area (Å²) in [5.74, 6) is 0.943. The number of anilines is 1. The Morgan fingerprint density at radius 2 is 1.94 bits per heavy atom. The van der Waals surface area contributed by atoms with Gasteiger partial charge in [0, 0.05) is 17.2 Å². The smallest absolute Gasteiger partial charge is 0.261 e. The lowest BCUT2D eigenvalue weighted by Crippen LogP contribution is -2.23. The summed E-state index contributed by atoms with van der Waals surface area (Å²) >= 11 is 0. The number of hydrogen-bond donors (Lipinski definition) is 2. The van der Waals surface area contributed by atoms with E-state index in [9.17, 15) is 13.2 Å². The Hall–Kier alpha value is -3.20. The van der Waals surface area contributed by atoms with Gasteiger partial charge in [-0.05, 0) is 61.6 Å². The van der Waals surface area contributed by atoms with Crippen LogP contribution in [0.5, 0.6) is 0 Å². The van der Waals surface area contributed by atoms with E-state index in [2.05, 4.69) is 27.1 Å². The number of nitrogens with one attached hydrogen (secondary N) is 2. The van der Waals surface area contributed by atoms with Gasteiger partial charge in [-0.25, -0.2) is 8.42 Å². The average Bonchev–Trinajstić information content (AvgIpc) is 3.54. The van der Waals surface area contributed by atoms with Crippen LogP contribution in [0.15, 0.2) is 57.9 Å². The van der Waals surface area contributed by atoms with Crippen LogP contribution in [0.2, 0.25) is 0 Å². The highest BCUT2D eigenvalue weighted by Crippen LogP contribution is 2.38. The van der Waals surface area contributed by atoms with Crippen molar-refractivity contribution in [2.75, 3.05) is 4.72 Å². The lowest BCUT2D eigenvalue weighted by atomic mass is 10.1. The fraction of sp³-hybridized carbons (Fsp3) is 0.348. The molecule has 4 rings (SSSR count). The molecule has 8 nitrogen and oxygen atoms in total. The number of hydrogen-bond acceptors (Lipinski definition) is 6. The van der Waals surface area contributed by atoms with Gasteiger partial charge in [0.2, 0.25) is 5.89 Å². The molecule has 168 valence electrons. The van der Waals surface area contributed by atoms with Gasteiger partial charge in [0.1, 0.15) is 0 Å². The second kappa shape index (κ2) is 9.52. The summed E-state index contributed by atoms with van der Waals surface area (Å²) in [6, 6.07) is 13.2. The highest BCUT2D eigenvalue weighted by molar-refractivity contribution is 7.92. The minimum atomic E-state index is -3.84. The fourth-order valence-electron chi connectivity index (χ4n) is 3.24. The monoisotopic (exact) mass is 454 g/mol. The van der Waals surface area contributed by atoms with Gasteiger partial charge in [-0.1, -0.05) is 36.7 Å². The molecule has 1 fully saturated rings. The van der Waals surface area contributed by atoms with Crippen LogP contribution in [-0.2, 0) is 23.0 Å². The average molecular weight is 455 g/mol. The van der Waals surface area contributed by atoms with Gasteiger partial charge in [0.25, 0.3) is 15.9 Å². The van der Waals surface area contributed by atoms with Crippen LogP contribution in [0.25, 0.3) is 0 Å². The van der Waals surface area contributed by atoms with E-state index in [-0.39, 0.29) is 17.0 Å². The third-order valence-electron chi connectivity index (χ3n) is 5.26. The molecule has 32 heavy (non-hydrogen) atoms. The highest BCUT2D eigenvalue weighted by atomic mass is 32.2. The molecular weight excluding hydrogens is 428 g/mol. The molecule has 0 spiro atoms. The molecule has 0 atom stereocenters. The van der Waals surface area contributed by atoms with Crippen LogP contribution in [-0.4, -0.2) is 24.5 Å². The van der Waals surface area contributed by atoms with Crippen molar-refractivity contribution in [2.24, 2.45) is 0 Å². The molecule has 2 N–H and O–H groups in total. The van der Waals surface area contributed by atoms with Crippen molar-refractivity contribution >= 4 is 21.6 Å². The van der Waals surface area contributed by atoms with Crippen molar-refractivity contribution in [3.8, 4) is 0 Å². The minimum absolute atomic E-state index is 0.00835. The fourth-order valence-corrected chi connectivity index (χ4v) is 4.35. The predicted octanol–water partition coefficient (Wildman–Crippen LogP) is 4.02. The summed E-state index contributed by atoms with van der Waals surface area (Å²) in [7, 11) is -3.84. The highest BCUT2D eigenvalue weighted by Gasteiger charge is 2.28. The Bertz CT molecular complexity index is 1180. The van der Waals surface area contributed by atoms with Crippen molar-refractivity contribution in [3.63, 3.8) is 0 Å². The topological polar surface area (TPSA) is 114 Å². The van der Waals surface area contributed by atoms with E-state index in [1.165, 1.54) is 23.8 Å². The number of carbonyl (C=O) groups excluding carboxylic acids is 1. The van der Waals surface area contributed by atoms with E-state index in [0.29, 0.717) is 23.3 Å². The first-order chi connectivity index (χ1) is 15.4. The third-order valence-corrected chi connectivity index (χ3v) is 6.64. The Labute approximate surface area is 187 Å². The number of unbranched alkanes of at least 4 members (excludes halogenated alkanes) is 1. The quantitative estimate of drug-likeness (QED) is 0.478. The number of rotatable bonds is 10. The van der Waals surface area contributed by atoms with E-state index in [1.54, 1.807) is 18.2 Å². The van der Waals surface area contributed by atoms with Crippen molar-refractivity contribution in [3.05, 3.63) is 71.4 Å². The molecule has 9 heteroatoms. The second-order valence-corrected chi connectivity index (χ2v) is 9.62. The molecule has 0 radical (unpaired) electrons. The lowest BCUT2D eigenvalue weighted by molar-refractivity contribution is 0.0946. The summed E-state index contributed by atoms with van der Waals surface area (Å²) in [6.45, 7) is 2.21. The van der Waals surface area contributed by atoms with Gasteiger partial charge in [-0.2, -0.15) is 4.98 Å². The summed E-state index contributed by atoms with van der Waals surface area (Å²) in [5.41, 5.74) is 1.87. The molecule has 0 aliphatic heterocycles. The summed E-state index contributed by atoms with van der Waals surface area (Å²) in [5, 5.41) is 6.60. The van der Waals surface area contributed by atoms with E-state index in [0.717, 1.165) is 32.1 Å². The maximum atomic E-state index is 12.8. The van der Waals surface area contributed by atoms with E-state index >= 15 is 0 Å². The Balaban J connectivity index is 1.39. The summed E-state index contributed by atoms with van der Waals surface area (Å²) in [6.07, 6.45) is 5.28. The first-order valence-corrected chi connectivity index (χ1v) is 12.3. The Morgan fingerprint density at radius 1 is 1.16 bits per heavy atom. The van der Waals surface area contributed by atoms with E-state index < -0.39 is 15.9 Å². The first kappa shape index (κ1) is 22.0. The van der Waals surface area contributed by atoms with Crippen LogP contribution in [0.1, 0.15) is 66.2 Å². The normalized spacial score (nSPS) is 13.7. The zero-order valence-corrected chi connectivity index (χ0v) is 18.7. The van der Waals surface area contributed by atoms with Crippen LogP contribution in [0.4, 0.5) is 5.69 Å². The molecule has 0 saturated heterocycles. The molecule has 1 saturated carbocycles. The standard InChI is InChI=1S/C23H26N4O4S/c1-2-3-5-16-8-12-19(13-9-16)27-32(29,30)20-7-4-6-18(14-20)23(28)24-15-21-25-22(26-31-21)17-10-11-17/h4,6-9,12-14,17,27H,2-3,5,10-11,15H2,1H3,(H,24,28). The van der Waals surface area contributed by atoms with Gasteiger partial charge in [-0.15, -0.1) is 0 Å². The van der Waals surface area contributed by atoms with Crippen molar-refractivity contribution < 1.29 is 17.7 Å². The van der Waals surface area contributed by atoms with E-state index in [4.69, 9.17) is 4.52 Å². The van der Waals surface area contributed by atoms with Gasteiger partial charge >= 0.3 is 0 Å². The molecular formula is C23H26N4O4S. The molecule has 1 heterocycles. The number of amides is 1. The molecule has 0 bridgehead atoms. The molecule has 3 aromatic rings. The molecule has 1 amide bonds. The zero-order chi connectivity index (χ0) is 22.6. The van der Waals surface area contributed by atoms with Gasteiger partial charge in [0.15, 0.2) is 5.82 Å². The molecule has 1 aliphatic carbocycles. The molecule has 1 aliphatic rings. The number of sulfonamides is 1. The Kier molecular flexibility index (Phi) is 6.55. The van der Waals surface area contributed by atoms with Gasteiger partial charge in [0.05, 0.1) is 11.4 Å². The van der Waals surface area contributed by atoms with Crippen molar-refractivity contribution in [1.29, 1.82) is 0 Å². The molecule has 2 aromatic carbocycles. The number of aromatic nitrogens is 2. The van der Waals surface area contributed by atoms with E-state index in [1.807, 2.05) is 12.1 Å². The van der Waals surface area contributed by atoms with Crippen LogP contribution >= 0.6 is 0 Å². The largest absolute Gasteiger partial charge is 0.343 e. The lowest BCUT2D eigenvalue weighted by Gasteiger charge is -2.10. The predicted molar refractivity (Wildman–Crippen MR) is 120 cm³/mol. The number of benzene rings is 2. The maximum absolute atomic E-state index is 12.8. The first-order valence-electron chi connectivity index (χ1n) is 10.8. The van der Waals surface area contributed by atoms with Gasteiger partial charge in [-0.3, -0.25) is 9.52 Å². The third kappa shape index (κ3) is 5.53. The molecule has 1 aromatic heterocycles. The van der Waals surface area contributed by atoms with Gasteiger partial charge < -0.3 is 9.84 Å². The van der Waals surface area contributed by atoms with Crippen LogP contribution < -0.4 is 10.0 Å². The van der Waals surface area contributed by atoms with Crippen molar-refractivity contribution in [2.45, 2.75) is 56.4 Å². The van der Waals surface area contributed by atoms with Crippen molar-refractivity contribution in [1.82, 2.24) is 15.5 Å². The van der Waals surface area contributed by atoms with Crippen LogP contribution in [0.3, 0.4) is 0 Å². The minimum Gasteiger partial charge on any atom is -0.343 e. The summed E-state index contributed by atoms with van der Waals surface area (Å²) in [4.78, 5) is 16.8. The SMILES string of the molecule is CCCCc1ccc(NS(=O)(=O)c2cccc(C(=O)NCc3nc(C4CC4)no3)c2)cc1. The van der Waals surface area contributed by atoms with Crippen LogP contribution in [0, 0.1) is 0 Å². The number of nitrogens with zero attached hydrogens (tertiary/aromatic N) is 2. The molecule has 0 unspecified atom stereocenters. The Morgan fingerprint density at radius 3 is 2.66 bits per heavy atom. The number of aryl methyl sites for hydroxylation is 1. The summed E-state index contributed by atoms with van der Waals surface area (Å²) < 4.78 is 33.3. The zero-order valence-electron chi connectivity index (χ0n) is 17.9. The second-order valence-electron chi connectivity index (χ2n) is 7.94. The number of carbonyl (C=O) groups is 1.